The second-order valence-corrected chi connectivity index (χ2v) is 3.12. The van der Waals surface area contributed by atoms with Gasteiger partial charge in [0.1, 0.15) is 5.75 Å². The Morgan fingerprint density at radius 1 is 1.38 bits per heavy atom. The number of furan rings is 1. The third kappa shape index (κ3) is 1.49. The highest BCUT2D eigenvalue weighted by atomic mass is 16.5. The first-order valence-corrected chi connectivity index (χ1v) is 4.26. The zero-order valence-electron chi connectivity index (χ0n) is 7.65. The third-order valence-electron chi connectivity index (χ3n) is 1.69. The van der Waals surface area contributed by atoms with E-state index in [0.717, 1.165) is 11.1 Å². The lowest BCUT2D eigenvalue weighted by Gasteiger charge is -2.09. The lowest BCUT2D eigenvalue weighted by atomic mass is 10.3. The maximum atomic E-state index is 5.59. The van der Waals surface area contributed by atoms with Crippen LogP contribution in [0.15, 0.2) is 29.0 Å². The third-order valence-corrected chi connectivity index (χ3v) is 1.69. The minimum Gasteiger partial charge on any atom is -0.490 e. The van der Waals surface area contributed by atoms with Gasteiger partial charge in [0, 0.05) is 6.20 Å². The standard InChI is InChI=1S/C10H11NO2/c1-7(2)13-9-3-5-11-10-8(9)4-6-12-10/h3-7H,1-2H3. The Kier molecular flexibility index (Phi) is 1.93. The molecule has 0 amide bonds. The largest absolute Gasteiger partial charge is 0.490 e. The van der Waals surface area contributed by atoms with Crippen LogP contribution in [0.2, 0.25) is 0 Å². The Labute approximate surface area is 76.3 Å². The number of rotatable bonds is 2. The van der Waals surface area contributed by atoms with Crippen molar-refractivity contribution in [1.29, 1.82) is 0 Å². The van der Waals surface area contributed by atoms with E-state index in [4.69, 9.17) is 9.15 Å². The minimum absolute atomic E-state index is 0.167. The van der Waals surface area contributed by atoms with Crippen molar-refractivity contribution in [3.63, 3.8) is 0 Å². The van der Waals surface area contributed by atoms with E-state index in [9.17, 15) is 0 Å². The Morgan fingerprint density at radius 3 is 3.00 bits per heavy atom. The summed E-state index contributed by atoms with van der Waals surface area (Å²) in [5.74, 6) is 0.828. The molecule has 68 valence electrons. The molecule has 2 aromatic heterocycles. The van der Waals surface area contributed by atoms with Crippen LogP contribution in [0, 0.1) is 0 Å². The Morgan fingerprint density at radius 2 is 2.23 bits per heavy atom. The Hall–Kier alpha value is -1.51. The van der Waals surface area contributed by atoms with E-state index >= 15 is 0 Å². The van der Waals surface area contributed by atoms with E-state index < -0.39 is 0 Å². The van der Waals surface area contributed by atoms with Crippen LogP contribution in [-0.2, 0) is 0 Å². The number of nitrogens with zero attached hydrogens (tertiary/aromatic N) is 1. The molecule has 0 saturated heterocycles. The minimum atomic E-state index is 0.167. The van der Waals surface area contributed by atoms with Crippen LogP contribution < -0.4 is 4.74 Å². The molecular formula is C10H11NO2. The summed E-state index contributed by atoms with van der Waals surface area (Å²) in [7, 11) is 0. The number of ether oxygens (including phenoxy) is 1. The lowest BCUT2D eigenvalue weighted by Crippen LogP contribution is -2.05. The molecule has 0 fully saturated rings. The summed E-state index contributed by atoms with van der Waals surface area (Å²) < 4.78 is 10.7. The quantitative estimate of drug-likeness (QED) is 0.707. The van der Waals surface area contributed by atoms with Gasteiger partial charge in [-0.05, 0) is 26.0 Å². The van der Waals surface area contributed by atoms with E-state index in [-0.39, 0.29) is 6.10 Å². The van der Waals surface area contributed by atoms with Crippen LogP contribution >= 0.6 is 0 Å². The van der Waals surface area contributed by atoms with Gasteiger partial charge in [-0.15, -0.1) is 0 Å². The molecule has 3 heteroatoms. The predicted octanol–water partition coefficient (Wildman–Crippen LogP) is 2.62. The molecular weight excluding hydrogens is 166 g/mol. The van der Waals surface area contributed by atoms with Gasteiger partial charge in [0.2, 0.25) is 5.71 Å². The first kappa shape index (κ1) is 8.10. The maximum absolute atomic E-state index is 5.59. The summed E-state index contributed by atoms with van der Waals surface area (Å²) in [5, 5.41) is 0.927. The van der Waals surface area contributed by atoms with Crippen molar-refractivity contribution in [3.05, 3.63) is 24.6 Å². The second-order valence-electron chi connectivity index (χ2n) is 3.12. The first-order chi connectivity index (χ1) is 6.27. The summed E-state index contributed by atoms with van der Waals surface area (Å²) >= 11 is 0. The van der Waals surface area contributed by atoms with Crippen molar-refractivity contribution in [2.75, 3.05) is 0 Å². The number of pyridine rings is 1. The molecule has 2 heterocycles. The lowest BCUT2D eigenvalue weighted by molar-refractivity contribution is 0.245. The monoisotopic (exact) mass is 177 g/mol. The number of aromatic nitrogens is 1. The highest BCUT2D eigenvalue weighted by molar-refractivity contribution is 5.80. The SMILES string of the molecule is CC(C)Oc1ccnc2occc12. The molecule has 0 bridgehead atoms. The average molecular weight is 177 g/mol. The molecule has 0 aromatic carbocycles. The molecule has 0 N–H and O–H groups in total. The van der Waals surface area contributed by atoms with E-state index in [1.165, 1.54) is 0 Å². The van der Waals surface area contributed by atoms with E-state index in [2.05, 4.69) is 4.98 Å². The van der Waals surface area contributed by atoms with Gasteiger partial charge in [-0.3, -0.25) is 0 Å². The van der Waals surface area contributed by atoms with Crippen LogP contribution in [0.4, 0.5) is 0 Å². The Bertz CT molecular complexity index is 406. The molecule has 13 heavy (non-hydrogen) atoms. The van der Waals surface area contributed by atoms with Crippen molar-refractivity contribution >= 4 is 11.1 Å². The molecule has 0 atom stereocenters. The van der Waals surface area contributed by atoms with Gasteiger partial charge in [-0.2, -0.15) is 0 Å². The molecule has 0 spiro atoms. The first-order valence-electron chi connectivity index (χ1n) is 4.26. The molecule has 3 nitrogen and oxygen atoms in total. The van der Waals surface area contributed by atoms with Gasteiger partial charge < -0.3 is 9.15 Å². The highest BCUT2D eigenvalue weighted by Crippen LogP contribution is 2.24. The fraction of sp³-hybridized carbons (Fsp3) is 0.300. The highest BCUT2D eigenvalue weighted by Gasteiger charge is 2.06. The summed E-state index contributed by atoms with van der Waals surface area (Å²) in [6.07, 6.45) is 3.47. The van der Waals surface area contributed by atoms with Crippen LogP contribution in [0.5, 0.6) is 5.75 Å². The van der Waals surface area contributed by atoms with Crippen molar-refractivity contribution < 1.29 is 9.15 Å². The van der Waals surface area contributed by atoms with Gasteiger partial charge in [0.25, 0.3) is 0 Å². The molecule has 0 radical (unpaired) electrons. The van der Waals surface area contributed by atoms with Crippen molar-refractivity contribution in [1.82, 2.24) is 4.98 Å². The predicted molar refractivity (Wildman–Crippen MR) is 49.8 cm³/mol. The Balaban J connectivity index is 2.48. The van der Waals surface area contributed by atoms with Gasteiger partial charge in [0.05, 0.1) is 17.8 Å². The van der Waals surface area contributed by atoms with E-state index in [1.807, 2.05) is 26.0 Å². The zero-order valence-corrected chi connectivity index (χ0v) is 7.65. The summed E-state index contributed by atoms with van der Waals surface area (Å²) in [6, 6.07) is 3.71. The maximum Gasteiger partial charge on any atom is 0.229 e. The molecule has 0 unspecified atom stereocenters. The average Bonchev–Trinajstić information content (AvgIpc) is 2.51. The molecule has 0 aliphatic carbocycles. The smallest absolute Gasteiger partial charge is 0.229 e. The van der Waals surface area contributed by atoms with Crippen LogP contribution in [0.25, 0.3) is 11.1 Å². The normalized spacial score (nSPS) is 11.0. The summed E-state index contributed by atoms with van der Waals surface area (Å²) in [5.41, 5.74) is 0.623. The summed E-state index contributed by atoms with van der Waals surface area (Å²) in [6.45, 7) is 3.98. The van der Waals surface area contributed by atoms with Crippen LogP contribution in [0.1, 0.15) is 13.8 Å². The van der Waals surface area contributed by atoms with E-state index in [1.54, 1.807) is 12.5 Å². The number of hydrogen-bond donors (Lipinski definition) is 0. The van der Waals surface area contributed by atoms with Crippen molar-refractivity contribution in [3.8, 4) is 5.75 Å². The molecule has 0 saturated carbocycles. The van der Waals surface area contributed by atoms with Crippen molar-refractivity contribution in [2.24, 2.45) is 0 Å². The zero-order chi connectivity index (χ0) is 9.26. The van der Waals surface area contributed by atoms with Crippen LogP contribution in [-0.4, -0.2) is 11.1 Å². The second kappa shape index (κ2) is 3.09. The topological polar surface area (TPSA) is 35.3 Å². The fourth-order valence-electron chi connectivity index (χ4n) is 1.21. The molecule has 2 aromatic rings. The molecule has 2 rings (SSSR count). The van der Waals surface area contributed by atoms with Crippen LogP contribution in [0.3, 0.4) is 0 Å². The van der Waals surface area contributed by atoms with Gasteiger partial charge in [-0.25, -0.2) is 4.98 Å². The van der Waals surface area contributed by atoms with Gasteiger partial charge >= 0.3 is 0 Å². The van der Waals surface area contributed by atoms with E-state index in [0.29, 0.717) is 5.71 Å². The van der Waals surface area contributed by atoms with Gasteiger partial charge in [0.15, 0.2) is 0 Å². The fourth-order valence-corrected chi connectivity index (χ4v) is 1.21. The summed E-state index contributed by atoms with van der Waals surface area (Å²) in [4.78, 5) is 4.06. The van der Waals surface area contributed by atoms with Crippen molar-refractivity contribution in [2.45, 2.75) is 20.0 Å². The number of hydrogen-bond acceptors (Lipinski definition) is 3. The molecule has 0 aliphatic rings. The molecule has 0 aliphatic heterocycles. The number of fused-ring (bicyclic) bond motifs is 1. The van der Waals surface area contributed by atoms with Gasteiger partial charge in [-0.1, -0.05) is 0 Å².